The van der Waals surface area contributed by atoms with E-state index in [1.807, 2.05) is 0 Å². The maximum Gasteiger partial charge on any atom is 0.416 e. The van der Waals surface area contributed by atoms with Crippen LogP contribution in [0.5, 0.6) is 0 Å². The summed E-state index contributed by atoms with van der Waals surface area (Å²) in [6.45, 7) is 1.70. The summed E-state index contributed by atoms with van der Waals surface area (Å²) in [7, 11) is -8.60. The molecule has 0 aromatic heterocycles. The van der Waals surface area contributed by atoms with Gasteiger partial charge in [-0.25, -0.2) is 16.8 Å². The number of sulfonamides is 2. The van der Waals surface area contributed by atoms with Crippen molar-refractivity contribution in [2.45, 2.75) is 22.9 Å². The molecule has 0 unspecified atom stereocenters. The average molecular weight is 505 g/mol. The summed E-state index contributed by atoms with van der Waals surface area (Å²) < 4.78 is 94.2. The standard InChI is InChI=1S/C20H16ClF3N2O4S2/c1-13-4-2-6-16(10-13)31(27,28)25-18-9-8-15(21)12-19(18)26-32(29,30)17-7-3-5-14(11-17)20(22,23)24/h2-12,25-26H,1H3. The van der Waals surface area contributed by atoms with Crippen molar-refractivity contribution in [1.29, 1.82) is 0 Å². The van der Waals surface area contributed by atoms with Crippen LogP contribution in [-0.2, 0) is 26.2 Å². The van der Waals surface area contributed by atoms with Crippen molar-refractivity contribution in [1.82, 2.24) is 0 Å². The number of hydrogen-bond donors (Lipinski definition) is 2. The van der Waals surface area contributed by atoms with Gasteiger partial charge in [0.1, 0.15) is 0 Å². The number of benzene rings is 3. The lowest BCUT2D eigenvalue weighted by Gasteiger charge is -2.16. The van der Waals surface area contributed by atoms with Gasteiger partial charge in [0.05, 0.1) is 26.7 Å². The van der Waals surface area contributed by atoms with Crippen LogP contribution in [0.1, 0.15) is 11.1 Å². The summed E-state index contributed by atoms with van der Waals surface area (Å²) in [4.78, 5) is -0.709. The van der Waals surface area contributed by atoms with Gasteiger partial charge in [-0.2, -0.15) is 13.2 Å². The zero-order chi connectivity index (χ0) is 23.7. The second-order valence-corrected chi connectivity index (χ2v) is 10.5. The van der Waals surface area contributed by atoms with Gasteiger partial charge < -0.3 is 0 Å². The fourth-order valence-corrected chi connectivity index (χ4v) is 5.19. The third-order valence-electron chi connectivity index (χ3n) is 4.24. The summed E-state index contributed by atoms with van der Waals surface area (Å²) in [5.74, 6) is 0. The first-order chi connectivity index (χ1) is 14.8. The quantitative estimate of drug-likeness (QED) is 0.478. The fraction of sp³-hybridized carbons (Fsp3) is 0.100. The predicted octanol–water partition coefficient (Wildman–Crippen LogP) is 5.27. The molecule has 0 radical (unpaired) electrons. The first kappa shape index (κ1) is 23.9. The van der Waals surface area contributed by atoms with Crippen molar-refractivity contribution in [3.05, 3.63) is 82.9 Å². The van der Waals surface area contributed by atoms with E-state index in [1.54, 1.807) is 19.1 Å². The van der Waals surface area contributed by atoms with E-state index in [-0.39, 0.29) is 21.3 Å². The van der Waals surface area contributed by atoms with E-state index in [0.29, 0.717) is 11.6 Å². The number of hydrogen-bond acceptors (Lipinski definition) is 4. The zero-order valence-corrected chi connectivity index (χ0v) is 18.7. The van der Waals surface area contributed by atoms with Gasteiger partial charge in [0.25, 0.3) is 20.0 Å². The summed E-state index contributed by atoms with van der Waals surface area (Å²) in [5.41, 5.74) is -0.876. The Kier molecular flexibility index (Phi) is 6.45. The molecule has 0 saturated heterocycles. The van der Waals surface area contributed by atoms with Crippen LogP contribution < -0.4 is 9.44 Å². The zero-order valence-electron chi connectivity index (χ0n) is 16.3. The van der Waals surface area contributed by atoms with Gasteiger partial charge in [0.15, 0.2) is 0 Å². The van der Waals surface area contributed by atoms with Crippen LogP contribution in [0.25, 0.3) is 0 Å². The van der Waals surface area contributed by atoms with Crippen molar-refractivity contribution in [3.63, 3.8) is 0 Å². The molecule has 0 heterocycles. The first-order valence-electron chi connectivity index (χ1n) is 8.87. The lowest BCUT2D eigenvalue weighted by Crippen LogP contribution is -2.18. The second kappa shape index (κ2) is 8.64. The van der Waals surface area contributed by atoms with Crippen LogP contribution in [0.3, 0.4) is 0 Å². The molecular formula is C20H16ClF3N2O4S2. The number of nitrogens with one attached hydrogen (secondary N) is 2. The average Bonchev–Trinajstić information content (AvgIpc) is 2.69. The number of halogens is 4. The van der Waals surface area contributed by atoms with Gasteiger partial charge in [0.2, 0.25) is 0 Å². The molecule has 12 heteroatoms. The highest BCUT2D eigenvalue weighted by molar-refractivity contribution is 7.93. The molecule has 0 amide bonds. The summed E-state index contributed by atoms with van der Waals surface area (Å²) in [5, 5.41) is 0.0743. The highest BCUT2D eigenvalue weighted by Gasteiger charge is 2.32. The second-order valence-electron chi connectivity index (χ2n) is 6.74. The number of rotatable bonds is 6. The Hall–Kier alpha value is -2.76. The van der Waals surface area contributed by atoms with Gasteiger partial charge in [0, 0.05) is 5.02 Å². The molecule has 32 heavy (non-hydrogen) atoms. The SMILES string of the molecule is Cc1cccc(S(=O)(=O)Nc2ccc(Cl)cc2NS(=O)(=O)c2cccc(C(F)(F)F)c2)c1. The molecule has 0 bridgehead atoms. The van der Waals surface area contributed by atoms with Gasteiger partial charge >= 0.3 is 6.18 Å². The third kappa shape index (κ3) is 5.53. The van der Waals surface area contributed by atoms with Crippen molar-refractivity contribution >= 4 is 43.0 Å². The molecule has 0 aliphatic heterocycles. The Balaban J connectivity index is 1.99. The lowest BCUT2D eigenvalue weighted by atomic mass is 10.2. The Bertz CT molecular complexity index is 1380. The van der Waals surface area contributed by atoms with E-state index in [1.165, 1.54) is 24.3 Å². The lowest BCUT2D eigenvalue weighted by molar-refractivity contribution is -0.137. The maximum absolute atomic E-state index is 13.0. The summed E-state index contributed by atoms with van der Waals surface area (Å²) in [6, 6.07) is 12.9. The smallest absolute Gasteiger partial charge is 0.277 e. The first-order valence-corrected chi connectivity index (χ1v) is 12.2. The van der Waals surface area contributed by atoms with Gasteiger partial charge in [-0.05, 0) is 61.0 Å². The summed E-state index contributed by atoms with van der Waals surface area (Å²) in [6.07, 6.45) is -4.74. The number of anilines is 2. The monoisotopic (exact) mass is 504 g/mol. The topological polar surface area (TPSA) is 92.3 Å². The van der Waals surface area contributed by atoms with E-state index >= 15 is 0 Å². The molecule has 6 nitrogen and oxygen atoms in total. The maximum atomic E-state index is 13.0. The minimum absolute atomic E-state index is 0.0564. The highest BCUT2D eigenvalue weighted by Crippen LogP contribution is 2.33. The van der Waals surface area contributed by atoms with Crippen LogP contribution in [0.4, 0.5) is 24.5 Å². The fourth-order valence-electron chi connectivity index (χ4n) is 2.72. The Morgan fingerprint density at radius 1 is 0.750 bits per heavy atom. The molecule has 3 aromatic carbocycles. The molecule has 0 saturated carbocycles. The van der Waals surface area contributed by atoms with Crippen molar-refractivity contribution in [2.24, 2.45) is 0 Å². The molecule has 0 fully saturated rings. The molecule has 3 rings (SSSR count). The highest BCUT2D eigenvalue weighted by atomic mass is 35.5. The van der Waals surface area contributed by atoms with Crippen LogP contribution >= 0.6 is 11.6 Å². The number of alkyl halides is 3. The van der Waals surface area contributed by atoms with E-state index in [2.05, 4.69) is 9.44 Å². The Labute approximate surface area is 188 Å². The molecule has 170 valence electrons. The van der Waals surface area contributed by atoms with Crippen molar-refractivity contribution < 1.29 is 30.0 Å². The van der Waals surface area contributed by atoms with E-state index in [9.17, 15) is 30.0 Å². The van der Waals surface area contributed by atoms with E-state index in [4.69, 9.17) is 11.6 Å². The van der Waals surface area contributed by atoms with Gasteiger partial charge in [-0.1, -0.05) is 29.8 Å². The molecule has 3 aromatic rings. The van der Waals surface area contributed by atoms with Crippen LogP contribution in [0, 0.1) is 6.92 Å². The largest absolute Gasteiger partial charge is 0.416 e. The Morgan fingerprint density at radius 2 is 1.31 bits per heavy atom. The van der Waals surface area contributed by atoms with Crippen molar-refractivity contribution in [2.75, 3.05) is 9.44 Å². The predicted molar refractivity (Wildman–Crippen MR) is 116 cm³/mol. The molecule has 0 atom stereocenters. The minimum atomic E-state index is -4.74. The molecular weight excluding hydrogens is 489 g/mol. The van der Waals surface area contributed by atoms with Crippen LogP contribution in [0.15, 0.2) is 76.5 Å². The number of aryl methyl sites for hydroxylation is 1. The van der Waals surface area contributed by atoms with E-state index in [0.717, 1.165) is 24.3 Å². The summed E-state index contributed by atoms with van der Waals surface area (Å²) >= 11 is 5.92. The van der Waals surface area contributed by atoms with E-state index < -0.39 is 36.7 Å². The van der Waals surface area contributed by atoms with Gasteiger partial charge in [-0.15, -0.1) is 0 Å². The molecule has 0 spiro atoms. The normalized spacial score (nSPS) is 12.4. The van der Waals surface area contributed by atoms with Gasteiger partial charge in [-0.3, -0.25) is 9.44 Å². The van der Waals surface area contributed by atoms with Crippen LogP contribution in [0.2, 0.25) is 5.02 Å². The van der Waals surface area contributed by atoms with Crippen molar-refractivity contribution in [3.8, 4) is 0 Å². The minimum Gasteiger partial charge on any atom is -0.277 e. The molecule has 2 N–H and O–H groups in total. The Morgan fingerprint density at radius 3 is 1.91 bits per heavy atom. The molecule has 0 aliphatic carbocycles. The molecule has 0 aliphatic rings. The van der Waals surface area contributed by atoms with Crippen LogP contribution in [-0.4, -0.2) is 16.8 Å². The third-order valence-corrected chi connectivity index (χ3v) is 7.20.